The summed E-state index contributed by atoms with van der Waals surface area (Å²) in [5, 5.41) is 0.362. The Bertz CT molecular complexity index is 294. The van der Waals surface area contributed by atoms with Crippen LogP contribution in [0.1, 0.15) is 24.8 Å². The average molecular weight is 213 g/mol. The minimum atomic E-state index is -0.157. The lowest BCUT2D eigenvalue weighted by atomic mass is 9.98. The monoisotopic (exact) mass is 212 g/mol. The molecule has 1 aromatic carbocycles. The maximum absolute atomic E-state index is 12.6. The second-order valence-corrected chi connectivity index (χ2v) is 4.72. The van der Waals surface area contributed by atoms with E-state index in [0.29, 0.717) is 11.3 Å². The Hall–Kier alpha value is -0.560. The van der Waals surface area contributed by atoms with Crippen LogP contribution >= 0.6 is 11.6 Å². The van der Waals surface area contributed by atoms with Gasteiger partial charge in [-0.05, 0) is 49.3 Å². The van der Waals surface area contributed by atoms with Crippen LogP contribution < -0.4 is 0 Å². The molecule has 0 spiro atoms. The van der Waals surface area contributed by atoms with Crippen molar-refractivity contribution >= 4 is 11.6 Å². The highest BCUT2D eigenvalue weighted by Crippen LogP contribution is 2.31. The molecular weight excluding hydrogens is 199 g/mol. The van der Waals surface area contributed by atoms with Crippen LogP contribution in [0, 0.1) is 11.7 Å². The molecule has 2 atom stereocenters. The van der Waals surface area contributed by atoms with E-state index in [1.54, 1.807) is 0 Å². The number of alkyl halides is 1. The molecule has 0 N–H and O–H groups in total. The first-order valence-corrected chi connectivity index (χ1v) is 5.56. The van der Waals surface area contributed by atoms with E-state index >= 15 is 0 Å². The van der Waals surface area contributed by atoms with Gasteiger partial charge in [-0.3, -0.25) is 0 Å². The first-order valence-electron chi connectivity index (χ1n) is 5.12. The van der Waals surface area contributed by atoms with Crippen molar-refractivity contribution in [2.45, 2.75) is 31.1 Å². The standard InChI is InChI=1S/C12H14ClF/c13-11-4-1-10(8-11)7-9-2-5-12(14)6-3-9/h2-3,5-6,10-11H,1,4,7-8H2. The number of hydrogen-bond acceptors (Lipinski definition) is 0. The molecule has 0 saturated heterocycles. The van der Waals surface area contributed by atoms with Crippen molar-refractivity contribution in [3.8, 4) is 0 Å². The van der Waals surface area contributed by atoms with E-state index in [-0.39, 0.29) is 5.82 Å². The minimum Gasteiger partial charge on any atom is -0.207 e. The fourth-order valence-electron chi connectivity index (χ4n) is 2.15. The van der Waals surface area contributed by atoms with Gasteiger partial charge in [-0.1, -0.05) is 12.1 Å². The zero-order valence-corrected chi connectivity index (χ0v) is 8.80. The summed E-state index contributed by atoms with van der Waals surface area (Å²) in [4.78, 5) is 0. The molecule has 0 amide bonds. The average Bonchev–Trinajstić information content (AvgIpc) is 2.56. The van der Waals surface area contributed by atoms with Gasteiger partial charge in [0.1, 0.15) is 5.82 Å². The van der Waals surface area contributed by atoms with E-state index in [1.165, 1.54) is 24.1 Å². The summed E-state index contributed by atoms with van der Waals surface area (Å²) >= 11 is 6.04. The van der Waals surface area contributed by atoms with E-state index in [4.69, 9.17) is 11.6 Å². The first-order chi connectivity index (χ1) is 6.74. The third kappa shape index (κ3) is 2.48. The summed E-state index contributed by atoms with van der Waals surface area (Å²) in [5.74, 6) is 0.540. The molecule has 1 saturated carbocycles. The lowest BCUT2D eigenvalue weighted by molar-refractivity contribution is 0.546. The Morgan fingerprint density at radius 3 is 2.50 bits per heavy atom. The lowest BCUT2D eigenvalue weighted by Gasteiger charge is -2.08. The van der Waals surface area contributed by atoms with Gasteiger partial charge in [0.2, 0.25) is 0 Å². The number of hydrogen-bond donors (Lipinski definition) is 0. The van der Waals surface area contributed by atoms with E-state index in [0.717, 1.165) is 19.3 Å². The van der Waals surface area contributed by atoms with Crippen molar-refractivity contribution in [3.63, 3.8) is 0 Å². The summed E-state index contributed by atoms with van der Waals surface area (Å²) in [5.41, 5.74) is 1.22. The van der Waals surface area contributed by atoms with Crippen LogP contribution in [0.15, 0.2) is 24.3 Å². The third-order valence-corrected chi connectivity index (χ3v) is 3.31. The van der Waals surface area contributed by atoms with Gasteiger partial charge in [-0.2, -0.15) is 0 Å². The highest BCUT2D eigenvalue weighted by molar-refractivity contribution is 6.20. The number of halogens is 2. The molecule has 2 unspecified atom stereocenters. The molecule has 0 heterocycles. The molecule has 1 aliphatic carbocycles. The van der Waals surface area contributed by atoms with Crippen LogP contribution in [0.5, 0.6) is 0 Å². The molecule has 0 radical (unpaired) electrons. The van der Waals surface area contributed by atoms with Gasteiger partial charge in [-0.25, -0.2) is 4.39 Å². The summed E-state index contributed by atoms with van der Waals surface area (Å²) in [6, 6.07) is 6.80. The molecule has 76 valence electrons. The second kappa shape index (κ2) is 4.31. The maximum Gasteiger partial charge on any atom is 0.123 e. The first kappa shape index (κ1) is 9.97. The largest absolute Gasteiger partial charge is 0.207 e. The van der Waals surface area contributed by atoms with Crippen LogP contribution in [-0.4, -0.2) is 5.38 Å². The van der Waals surface area contributed by atoms with Crippen molar-refractivity contribution in [1.82, 2.24) is 0 Å². The van der Waals surface area contributed by atoms with E-state index in [2.05, 4.69) is 0 Å². The van der Waals surface area contributed by atoms with Gasteiger partial charge in [0.25, 0.3) is 0 Å². The van der Waals surface area contributed by atoms with Gasteiger partial charge in [0, 0.05) is 5.38 Å². The molecule has 0 nitrogen and oxygen atoms in total. The molecule has 0 aliphatic heterocycles. The summed E-state index contributed by atoms with van der Waals surface area (Å²) in [7, 11) is 0. The zero-order valence-electron chi connectivity index (χ0n) is 8.05. The van der Waals surface area contributed by atoms with Gasteiger partial charge in [0.05, 0.1) is 0 Å². The summed E-state index contributed by atoms with van der Waals surface area (Å²) in [6.45, 7) is 0. The third-order valence-electron chi connectivity index (χ3n) is 2.91. The lowest BCUT2D eigenvalue weighted by Crippen LogP contribution is -2.00. The van der Waals surface area contributed by atoms with Crippen molar-refractivity contribution in [2.75, 3.05) is 0 Å². The second-order valence-electron chi connectivity index (χ2n) is 4.11. The normalized spacial score (nSPS) is 26.7. The maximum atomic E-state index is 12.6. The van der Waals surface area contributed by atoms with Crippen LogP contribution in [0.3, 0.4) is 0 Å². The van der Waals surface area contributed by atoms with Gasteiger partial charge in [0.15, 0.2) is 0 Å². The predicted molar refractivity (Wildman–Crippen MR) is 57.1 cm³/mol. The molecule has 1 aromatic rings. The molecule has 14 heavy (non-hydrogen) atoms. The molecule has 1 fully saturated rings. The van der Waals surface area contributed by atoms with Crippen LogP contribution in [0.2, 0.25) is 0 Å². The van der Waals surface area contributed by atoms with Gasteiger partial charge in [-0.15, -0.1) is 11.6 Å². The van der Waals surface area contributed by atoms with Crippen molar-refractivity contribution in [1.29, 1.82) is 0 Å². The minimum absolute atomic E-state index is 0.157. The summed E-state index contributed by atoms with van der Waals surface area (Å²) in [6.07, 6.45) is 4.50. The highest BCUT2D eigenvalue weighted by Gasteiger charge is 2.22. The van der Waals surface area contributed by atoms with Crippen LogP contribution in [-0.2, 0) is 6.42 Å². The van der Waals surface area contributed by atoms with E-state index in [9.17, 15) is 4.39 Å². The highest BCUT2D eigenvalue weighted by atomic mass is 35.5. The van der Waals surface area contributed by atoms with Crippen molar-refractivity contribution in [3.05, 3.63) is 35.6 Å². The molecule has 0 bridgehead atoms. The van der Waals surface area contributed by atoms with Gasteiger partial charge < -0.3 is 0 Å². The SMILES string of the molecule is Fc1ccc(CC2CCC(Cl)C2)cc1. The summed E-state index contributed by atoms with van der Waals surface area (Å²) < 4.78 is 12.6. The zero-order chi connectivity index (χ0) is 9.97. The Balaban J connectivity index is 1.94. The molecule has 1 aliphatic rings. The van der Waals surface area contributed by atoms with Gasteiger partial charge >= 0.3 is 0 Å². The van der Waals surface area contributed by atoms with E-state index < -0.39 is 0 Å². The van der Waals surface area contributed by atoms with Crippen LogP contribution in [0.4, 0.5) is 4.39 Å². The number of benzene rings is 1. The van der Waals surface area contributed by atoms with Crippen LogP contribution in [0.25, 0.3) is 0 Å². The Morgan fingerprint density at radius 1 is 1.21 bits per heavy atom. The Kier molecular flexibility index (Phi) is 3.07. The predicted octanol–water partition coefficient (Wildman–Crippen LogP) is 3.78. The molecule has 0 aromatic heterocycles. The smallest absolute Gasteiger partial charge is 0.123 e. The molecular formula is C12H14ClF. The quantitative estimate of drug-likeness (QED) is 0.655. The number of rotatable bonds is 2. The Morgan fingerprint density at radius 2 is 1.93 bits per heavy atom. The molecule has 2 heteroatoms. The Labute approximate surface area is 89.1 Å². The van der Waals surface area contributed by atoms with Crippen molar-refractivity contribution < 1.29 is 4.39 Å². The fraction of sp³-hybridized carbons (Fsp3) is 0.500. The van der Waals surface area contributed by atoms with E-state index in [1.807, 2.05) is 12.1 Å². The fourth-order valence-corrected chi connectivity index (χ4v) is 2.53. The van der Waals surface area contributed by atoms with Crippen molar-refractivity contribution in [2.24, 2.45) is 5.92 Å². The molecule has 2 rings (SSSR count). The topological polar surface area (TPSA) is 0 Å².